The summed E-state index contributed by atoms with van der Waals surface area (Å²) in [6.45, 7) is 0. The molecule has 0 aliphatic heterocycles. The highest BCUT2D eigenvalue weighted by molar-refractivity contribution is 6.11. The molecule has 0 spiro atoms. The van der Waals surface area contributed by atoms with Crippen molar-refractivity contribution < 1.29 is 0 Å². The first-order valence-electron chi connectivity index (χ1n) is 6.34. The molecule has 4 rings (SSSR count). The fourth-order valence-corrected chi connectivity index (χ4v) is 2.69. The predicted octanol–water partition coefficient (Wildman–Crippen LogP) is 4.38. The Morgan fingerprint density at radius 2 is 1.37 bits per heavy atom. The number of hydrogen-bond acceptors (Lipinski definition) is 1. The van der Waals surface area contributed by atoms with Crippen molar-refractivity contribution in [1.29, 1.82) is 0 Å². The van der Waals surface area contributed by atoms with E-state index in [1.54, 1.807) is 0 Å². The summed E-state index contributed by atoms with van der Waals surface area (Å²) in [5.41, 5.74) is 2.20. The zero-order valence-electron chi connectivity index (χ0n) is 10.3. The van der Waals surface area contributed by atoms with Crippen LogP contribution >= 0.6 is 0 Å². The number of nitrogens with one attached hydrogen (secondary N) is 1. The Balaban J connectivity index is 2.27. The SMILES string of the molecule is c1ccc2c(-c3cc[nH]n3)c3ccccc3cc2c1. The first-order chi connectivity index (χ1) is 9.43. The molecule has 0 saturated heterocycles. The number of nitrogens with zero attached hydrogens (tertiary/aromatic N) is 1. The summed E-state index contributed by atoms with van der Waals surface area (Å²) >= 11 is 0. The second-order valence-electron chi connectivity index (χ2n) is 4.65. The monoisotopic (exact) mass is 244 g/mol. The van der Waals surface area contributed by atoms with Crippen LogP contribution in [-0.2, 0) is 0 Å². The number of benzene rings is 3. The van der Waals surface area contributed by atoms with Gasteiger partial charge in [0.2, 0.25) is 0 Å². The van der Waals surface area contributed by atoms with Gasteiger partial charge in [-0.2, -0.15) is 5.10 Å². The lowest BCUT2D eigenvalue weighted by atomic mass is 9.95. The van der Waals surface area contributed by atoms with Gasteiger partial charge in [0.05, 0.1) is 5.69 Å². The lowest BCUT2D eigenvalue weighted by Crippen LogP contribution is -1.85. The first-order valence-corrected chi connectivity index (χ1v) is 6.34. The minimum atomic E-state index is 0.994. The normalized spacial score (nSPS) is 11.2. The predicted molar refractivity (Wildman–Crippen MR) is 79.0 cm³/mol. The molecule has 0 atom stereocenters. The molecule has 0 bridgehead atoms. The van der Waals surface area contributed by atoms with Gasteiger partial charge >= 0.3 is 0 Å². The Bertz CT molecular complexity index is 807. The fourth-order valence-electron chi connectivity index (χ4n) is 2.69. The molecule has 0 saturated carbocycles. The third-order valence-electron chi connectivity index (χ3n) is 3.53. The van der Waals surface area contributed by atoms with Crippen molar-refractivity contribution in [3.05, 3.63) is 66.9 Å². The van der Waals surface area contributed by atoms with Crippen LogP contribution in [0.2, 0.25) is 0 Å². The minimum Gasteiger partial charge on any atom is -0.285 e. The van der Waals surface area contributed by atoms with E-state index in [0.29, 0.717) is 0 Å². The average molecular weight is 244 g/mol. The molecule has 0 amide bonds. The van der Waals surface area contributed by atoms with E-state index >= 15 is 0 Å². The molecule has 90 valence electrons. The number of rotatable bonds is 1. The minimum absolute atomic E-state index is 0.994. The van der Waals surface area contributed by atoms with Crippen molar-refractivity contribution in [2.75, 3.05) is 0 Å². The Hall–Kier alpha value is -2.61. The van der Waals surface area contributed by atoms with Crippen LogP contribution < -0.4 is 0 Å². The van der Waals surface area contributed by atoms with Crippen molar-refractivity contribution in [2.24, 2.45) is 0 Å². The molecule has 1 N–H and O–H groups in total. The molecule has 0 radical (unpaired) electrons. The van der Waals surface area contributed by atoms with Crippen molar-refractivity contribution in [3.8, 4) is 11.3 Å². The van der Waals surface area contributed by atoms with E-state index in [4.69, 9.17) is 0 Å². The van der Waals surface area contributed by atoms with Crippen LogP contribution in [-0.4, -0.2) is 10.2 Å². The Kier molecular flexibility index (Phi) is 2.15. The summed E-state index contributed by atoms with van der Waals surface area (Å²) in [7, 11) is 0. The zero-order chi connectivity index (χ0) is 12.7. The van der Waals surface area contributed by atoms with E-state index in [-0.39, 0.29) is 0 Å². The topological polar surface area (TPSA) is 28.7 Å². The lowest BCUT2D eigenvalue weighted by Gasteiger charge is -2.09. The largest absolute Gasteiger partial charge is 0.285 e. The molecule has 3 aromatic carbocycles. The highest BCUT2D eigenvalue weighted by Gasteiger charge is 2.10. The van der Waals surface area contributed by atoms with E-state index in [2.05, 4.69) is 64.8 Å². The number of hydrogen-bond donors (Lipinski definition) is 1. The standard InChI is InChI=1S/C17H12N2/c1-3-7-14-12(5-1)11-13-6-2-4-8-15(13)17(14)16-9-10-18-19-16/h1-11H,(H,18,19). The molecular weight excluding hydrogens is 232 g/mol. The fraction of sp³-hybridized carbons (Fsp3) is 0. The first kappa shape index (κ1) is 10.3. The second-order valence-corrected chi connectivity index (χ2v) is 4.65. The smallest absolute Gasteiger partial charge is 0.0933 e. The van der Waals surface area contributed by atoms with Crippen LogP contribution in [0.25, 0.3) is 32.8 Å². The maximum absolute atomic E-state index is 4.36. The van der Waals surface area contributed by atoms with Crippen LogP contribution in [0, 0.1) is 0 Å². The number of fused-ring (bicyclic) bond motifs is 2. The molecule has 0 aliphatic carbocycles. The number of aromatic nitrogens is 2. The van der Waals surface area contributed by atoms with Gasteiger partial charge in [-0.25, -0.2) is 0 Å². The van der Waals surface area contributed by atoms with Gasteiger partial charge in [-0.15, -0.1) is 0 Å². The van der Waals surface area contributed by atoms with Gasteiger partial charge in [0.1, 0.15) is 0 Å². The molecule has 2 heteroatoms. The van der Waals surface area contributed by atoms with E-state index in [9.17, 15) is 0 Å². The Labute approximate surface area is 110 Å². The third kappa shape index (κ3) is 1.54. The molecule has 0 fully saturated rings. The molecule has 1 heterocycles. The quantitative estimate of drug-likeness (QED) is 0.494. The molecule has 2 nitrogen and oxygen atoms in total. The summed E-state index contributed by atoms with van der Waals surface area (Å²) < 4.78 is 0. The summed E-state index contributed by atoms with van der Waals surface area (Å²) in [5.74, 6) is 0. The molecule has 4 aromatic rings. The van der Waals surface area contributed by atoms with Gasteiger partial charge in [-0.3, -0.25) is 5.10 Å². The summed E-state index contributed by atoms with van der Waals surface area (Å²) in [6.07, 6.45) is 1.87. The van der Waals surface area contributed by atoms with E-state index < -0.39 is 0 Å². The second kappa shape index (κ2) is 3.95. The molecule has 0 unspecified atom stereocenters. The van der Waals surface area contributed by atoms with Crippen molar-refractivity contribution in [2.45, 2.75) is 0 Å². The van der Waals surface area contributed by atoms with Gasteiger partial charge in [0.25, 0.3) is 0 Å². The molecule has 1 aromatic heterocycles. The van der Waals surface area contributed by atoms with Crippen LogP contribution in [0.5, 0.6) is 0 Å². The summed E-state index contributed by atoms with van der Waals surface area (Å²) in [5, 5.41) is 12.3. The van der Waals surface area contributed by atoms with Crippen LogP contribution in [0.4, 0.5) is 0 Å². The van der Waals surface area contributed by atoms with Crippen molar-refractivity contribution >= 4 is 21.5 Å². The summed E-state index contributed by atoms with van der Waals surface area (Å²) in [4.78, 5) is 0. The van der Waals surface area contributed by atoms with E-state index in [0.717, 1.165) is 5.69 Å². The Morgan fingerprint density at radius 3 is 1.95 bits per heavy atom. The maximum Gasteiger partial charge on any atom is 0.0933 e. The zero-order valence-corrected chi connectivity index (χ0v) is 10.3. The van der Waals surface area contributed by atoms with Crippen LogP contribution in [0.3, 0.4) is 0 Å². The highest BCUT2D eigenvalue weighted by atomic mass is 15.1. The van der Waals surface area contributed by atoms with Crippen molar-refractivity contribution in [3.63, 3.8) is 0 Å². The van der Waals surface area contributed by atoms with Crippen LogP contribution in [0.1, 0.15) is 0 Å². The van der Waals surface area contributed by atoms with Gasteiger partial charge in [0, 0.05) is 11.8 Å². The maximum atomic E-state index is 4.36. The third-order valence-corrected chi connectivity index (χ3v) is 3.53. The van der Waals surface area contributed by atoms with Gasteiger partial charge < -0.3 is 0 Å². The number of H-pyrrole nitrogens is 1. The average Bonchev–Trinajstić information content (AvgIpc) is 2.98. The Morgan fingerprint density at radius 1 is 0.737 bits per heavy atom. The summed E-state index contributed by atoms with van der Waals surface area (Å²) in [6, 6.07) is 21.2. The van der Waals surface area contributed by atoms with Gasteiger partial charge in [-0.05, 0) is 33.7 Å². The number of aromatic amines is 1. The molecule has 19 heavy (non-hydrogen) atoms. The van der Waals surface area contributed by atoms with E-state index in [1.807, 2.05) is 12.3 Å². The van der Waals surface area contributed by atoms with Gasteiger partial charge in [0.15, 0.2) is 0 Å². The van der Waals surface area contributed by atoms with Crippen LogP contribution in [0.15, 0.2) is 66.9 Å². The van der Waals surface area contributed by atoms with Crippen molar-refractivity contribution in [1.82, 2.24) is 10.2 Å². The highest BCUT2D eigenvalue weighted by Crippen LogP contribution is 2.34. The van der Waals surface area contributed by atoms with Gasteiger partial charge in [-0.1, -0.05) is 48.5 Å². The van der Waals surface area contributed by atoms with E-state index in [1.165, 1.54) is 27.1 Å². The molecular formula is C17H12N2. The molecule has 0 aliphatic rings. The lowest BCUT2D eigenvalue weighted by molar-refractivity contribution is 1.10.